The van der Waals surface area contributed by atoms with E-state index in [4.69, 9.17) is 11.6 Å². The van der Waals surface area contributed by atoms with E-state index in [9.17, 15) is 18.0 Å². The highest BCUT2D eigenvalue weighted by molar-refractivity contribution is 7.92. The number of nitrogens with one attached hydrogen (secondary N) is 3. The lowest BCUT2D eigenvalue weighted by Gasteiger charge is -2.13. The molecule has 178 valence electrons. The molecule has 0 heterocycles. The number of sulfonamides is 1. The topological polar surface area (TPSA) is 104 Å². The van der Waals surface area contributed by atoms with E-state index in [1.54, 1.807) is 36.4 Å². The fraction of sp³-hybridized carbons (Fsp3) is 0.200. The second-order valence-corrected chi connectivity index (χ2v) is 9.86. The minimum Gasteiger partial charge on any atom is -0.352 e. The molecule has 3 rings (SSSR count). The third kappa shape index (κ3) is 5.95. The number of para-hydroxylation sites is 1. The number of anilines is 2. The summed E-state index contributed by atoms with van der Waals surface area (Å²) in [4.78, 5) is 25.1. The first-order chi connectivity index (χ1) is 16.1. The Morgan fingerprint density at radius 1 is 0.912 bits per heavy atom. The second-order valence-electron chi connectivity index (χ2n) is 7.81. The quantitative estimate of drug-likeness (QED) is 0.398. The van der Waals surface area contributed by atoms with Crippen molar-refractivity contribution in [3.63, 3.8) is 0 Å². The predicted octanol–water partition coefficient (Wildman–Crippen LogP) is 5.15. The lowest BCUT2D eigenvalue weighted by atomic mass is 10.1. The average Bonchev–Trinajstić information content (AvgIpc) is 2.80. The van der Waals surface area contributed by atoms with Crippen molar-refractivity contribution >= 4 is 44.8 Å². The largest absolute Gasteiger partial charge is 0.352 e. The maximum absolute atomic E-state index is 13.0. The van der Waals surface area contributed by atoms with Gasteiger partial charge in [0.2, 0.25) is 0 Å². The van der Waals surface area contributed by atoms with Gasteiger partial charge >= 0.3 is 0 Å². The molecule has 0 unspecified atom stereocenters. The van der Waals surface area contributed by atoms with Gasteiger partial charge in [0.1, 0.15) is 4.90 Å². The minimum absolute atomic E-state index is 0.0211. The van der Waals surface area contributed by atoms with Gasteiger partial charge in [-0.15, -0.1) is 0 Å². The summed E-state index contributed by atoms with van der Waals surface area (Å²) in [5, 5.41) is 5.44. The van der Waals surface area contributed by atoms with Gasteiger partial charge in [0.05, 0.1) is 16.3 Å². The third-order valence-corrected chi connectivity index (χ3v) is 7.06. The summed E-state index contributed by atoms with van der Waals surface area (Å²) in [5.41, 5.74) is 3.05. The molecular formula is C25H26ClN3O4S. The number of amides is 2. The van der Waals surface area contributed by atoms with Crippen LogP contribution in [0.4, 0.5) is 11.4 Å². The smallest absolute Gasteiger partial charge is 0.263 e. The summed E-state index contributed by atoms with van der Waals surface area (Å²) < 4.78 is 28.5. The molecule has 0 radical (unpaired) electrons. The number of halogens is 1. The highest BCUT2D eigenvalue weighted by atomic mass is 35.5. The van der Waals surface area contributed by atoms with Crippen molar-refractivity contribution in [2.75, 3.05) is 16.6 Å². The molecule has 0 atom stereocenters. The van der Waals surface area contributed by atoms with Crippen molar-refractivity contribution in [3.05, 3.63) is 87.9 Å². The number of aryl methyl sites for hydroxylation is 2. The summed E-state index contributed by atoms with van der Waals surface area (Å²) >= 11 is 6.18. The summed E-state index contributed by atoms with van der Waals surface area (Å²) in [6, 6.07) is 15.8. The molecule has 34 heavy (non-hydrogen) atoms. The summed E-state index contributed by atoms with van der Waals surface area (Å²) in [7, 11) is -4.06. The monoisotopic (exact) mass is 499 g/mol. The normalized spacial score (nSPS) is 11.1. The third-order valence-electron chi connectivity index (χ3n) is 5.20. The van der Waals surface area contributed by atoms with E-state index in [2.05, 4.69) is 15.4 Å². The molecule has 3 aromatic rings. The Labute approximate surface area is 204 Å². The Bertz CT molecular complexity index is 1340. The molecule has 0 aliphatic heterocycles. The summed E-state index contributed by atoms with van der Waals surface area (Å²) in [5.74, 6) is -0.884. The molecule has 0 spiro atoms. The van der Waals surface area contributed by atoms with Gasteiger partial charge in [-0.25, -0.2) is 8.42 Å². The van der Waals surface area contributed by atoms with Gasteiger partial charge < -0.3 is 10.6 Å². The van der Waals surface area contributed by atoms with Crippen LogP contribution in [0.25, 0.3) is 0 Å². The van der Waals surface area contributed by atoms with Crippen molar-refractivity contribution in [1.82, 2.24) is 5.32 Å². The molecule has 0 saturated heterocycles. The number of hydrogen-bond donors (Lipinski definition) is 3. The Morgan fingerprint density at radius 3 is 2.35 bits per heavy atom. The van der Waals surface area contributed by atoms with E-state index >= 15 is 0 Å². The molecule has 0 aliphatic rings. The predicted molar refractivity (Wildman–Crippen MR) is 135 cm³/mol. The van der Waals surface area contributed by atoms with Crippen LogP contribution in [0.15, 0.2) is 65.6 Å². The fourth-order valence-corrected chi connectivity index (χ4v) is 4.76. The van der Waals surface area contributed by atoms with Gasteiger partial charge in [0.15, 0.2) is 0 Å². The van der Waals surface area contributed by atoms with Gasteiger partial charge in [-0.3, -0.25) is 14.3 Å². The van der Waals surface area contributed by atoms with Gasteiger partial charge in [-0.2, -0.15) is 0 Å². The van der Waals surface area contributed by atoms with Crippen molar-refractivity contribution < 1.29 is 18.0 Å². The molecule has 0 aliphatic carbocycles. The van der Waals surface area contributed by atoms with Crippen LogP contribution in [0.5, 0.6) is 0 Å². The van der Waals surface area contributed by atoms with Crippen molar-refractivity contribution in [2.45, 2.75) is 32.1 Å². The Kier molecular flexibility index (Phi) is 7.96. The Balaban J connectivity index is 1.87. The maximum Gasteiger partial charge on any atom is 0.263 e. The van der Waals surface area contributed by atoms with Gasteiger partial charge in [0.25, 0.3) is 21.8 Å². The molecule has 2 amide bonds. The molecule has 0 bridgehead atoms. The lowest BCUT2D eigenvalue weighted by molar-refractivity contribution is 0.0954. The fourth-order valence-electron chi connectivity index (χ4n) is 3.18. The highest BCUT2D eigenvalue weighted by Crippen LogP contribution is 2.26. The Morgan fingerprint density at radius 2 is 1.65 bits per heavy atom. The van der Waals surface area contributed by atoms with Gasteiger partial charge in [-0.05, 0) is 73.9 Å². The molecule has 3 N–H and O–H groups in total. The van der Waals surface area contributed by atoms with Crippen LogP contribution in [-0.4, -0.2) is 26.8 Å². The van der Waals surface area contributed by atoms with Crippen LogP contribution < -0.4 is 15.4 Å². The van der Waals surface area contributed by atoms with Crippen LogP contribution in [0.1, 0.15) is 45.2 Å². The summed E-state index contributed by atoms with van der Waals surface area (Å²) in [6.07, 6.45) is 0.776. The van der Waals surface area contributed by atoms with Crippen LogP contribution in [0.2, 0.25) is 5.02 Å². The van der Waals surface area contributed by atoms with Crippen LogP contribution >= 0.6 is 11.6 Å². The second kappa shape index (κ2) is 10.7. The van der Waals surface area contributed by atoms with E-state index in [-0.39, 0.29) is 21.4 Å². The molecule has 0 aromatic heterocycles. The zero-order valence-electron chi connectivity index (χ0n) is 19.1. The lowest BCUT2D eigenvalue weighted by Crippen LogP contribution is -2.25. The van der Waals surface area contributed by atoms with E-state index in [0.29, 0.717) is 23.5 Å². The molecule has 9 heteroatoms. The van der Waals surface area contributed by atoms with Crippen LogP contribution in [0.3, 0.4) is 0 Å². The van der Waals surface area contributed by atoms with Gasteiger partial charge in [-0.1, -0.05) is 36.7 Å². The van der Waals surface area contributed by atoms with Crippen LogP contribution in [0, 0.1) is 13.8 Å². The number of carbonyl (C=O) groups excluding carboxylic acids is 2. The highest BCUT2D eigenvalue weighted by Gasteiger charge is 2.21. The SMILES string of the molecule is CCCNC(=O)c1ccccc1NC(=O)c1ccc(Cl)c(S(=O)(=O)Nc2ccc(C)c(C)c2)c1. The first kappa shape index (κ1) is 25.3. The molecular weight excluding hydrogens is 474 g/mol. The summed E-state index contributed by atoms with van der Waals surface area (Å²) in [6.45, 7) is 6.26. The van der Waals surface area contributed by atoms with E-state index < -0.39 is 15.9 Å². The standard InChI is InChI=1S/C25H26ClN3O4S/c1-4-13-27-25(31)20-7-5-6-8-22(20)28-24(30)18-10-12-21(26)23(15-18)34(32,33)29-19-11-9-16(2)17(3)14-19/h5-12,14-15,29H,4,13H2,1-3H3,(H,27,31)(H,28,30). The van der Waals surface area contributed by atoms with Gasteiger partial charge in [0, 0.05) is 17.8 Å². The van der Waals surface area contributed by atoms with Crippen molar-refractivity contribution in [3.8, 4) is 0 Å². The molecule has 0 fully saturated rings. The number of rotatable bonds is 8. The zero-order chi connectivity index (χ0) is 24.9. The maximum atomic E-state index is 13.0. The zero-order valence-corrected chi connectivity index (χ0v) is 20.7. The molecule has 3 aromatic carbocycles. The number of hydrogen-bond acceptors (Lipinski definition) is 4. The van der Waals surface area contributed by atoms with Crippen molar-refractivity contribution in [1.29, 1.82) is 0 Å². The van der Waals surface area contributed by atoms with E-state index in [1.165, 1.54) is 18.2 Å². The van der Waals surface area contributed by atoms with Crippen molar-refractivity contribution in [2.24, 2.45) is 0 Å². The Hall–Kier alpha value is -3.36. The first-order valence-electron chi connectivity index (χ1n) is 10.7. The number of carbonyl (C=O) groups is 2. The molecule has 7 nitrogen and oxygen atoms in total. The van der Waals surface area contributed by atoms with E-state index in [0.717, 1.165) is 17.5 Å². The number of benzene rings is 3. The first-order valence-corrected chi connectivity index (χ1v) is 12.6. The van der Waals surface area contributed by atoms with Crippen LogP contribution in [-0.2, 0) is 10.0 Å². The minimum atomic E-state index is -4.06. The average molecular weight is 500 g/mol. The van der Waals surface area contributed by atoms with E-state index in [1.807, 2.05) is 26.8 Å². The molecule has 0 saturated carbocycles.